The lowest BCUT2D eigenvalue weighted by Gasteiger charge is -2.11. The Morgan fingerprint density at radius 3 is 1.72 bits per heavy atom. The summed E-state index contributed by atoms with van der Waals surface area (Å²) in [5.41, 5.74) is 7.14. The van der Waals surface area contributed by atoms with Crippen LogP contribution in [0.1, 0.15) is 0 Å². The molecule has 0 bridgehead atoms. The summed E-state index contributed by atoms with van der Waals surface area (Å²) in [6.45, 7) is 0. The first-order valence-corrected chi connectivity index (χ1v) is 18.1. The number of fused-ring (bicyclic) bond motifs is 5. The van der Waals surface area contributed by atoms with Gasteiger partial charge in [0.15, 0.2) is 17.5 Å². The van der Waals surface area contributed by atoms with E-state index in [2.05, 4.69) is 133 Å². The maximum atomic E-state index is 5.38. The van der Waals surface area contributed by atoms with Crippen molar-refractivity contribution in [1.82, 2.24) is 19.9 Å². The van der Waals surface area contributed by atoms with Crippen LogP contribution >= 0.6 is 22.7 Å². The lowest BCUT2D eigenvalue weighted by Crippen LogP contribution is -2.01. The molecule has 50 heavy (non-hydrogen) atoms. The van der Waals surface area contributed by atoms with E-state index in [1.54, 1.807) is 22.7 Å². The van der Waals surface area contributed by atoms with Crippen LogP contribution in [0, 0.1) is 0 Å². The maximum Gasteiger partial charge on any atom is 0.167 e. The van der Waals surface area contributed by atoms with Gasteiger partial charge in [0.2, 0.25) is 0 Å². The minimum Gasteiger partial charge on any atom is -0.235 e. The molecule has 0 N–H and O–H groups in total. The van der Waals surface area contributed by atoms with Gasteiger partial charge >= 0.3 is 0 Å². The maximum absolute atomic E-state index is 5.38. The number of thiophene rings is 1. The predicted molar refractivity (Wildman–Crippen MR) is 211 cm³/mol. The molecule has 0 spiro atoms. The van der Waals surface area contributed by atoms with Gasteiger partial charge in [-0.2, -0.15) is 0 Å². The fourth-order valence-corrected chi connectivity index (χ4v) is 8.95. The van der Waals surface area contributed by atoms with E-state index in [4.69, 9.17) is 19.9 Å². The Hall–Kier alpha value is -6.08. The van der Waals surface area contributed by atoms with E-state index in [1.165, 1.54) is 31.1 Å². The largest absolute Gasteiger partial charge is 0.235 e. The molecule has 0 aliphatic carbocycles. The molecule has 3 heterocycles. The zero-order valence-corrected chi connectivity index (χ0v) is 28.2. The predicted octanol–water partition coefficient (Wildman–Crippen LogP) is 12.3. The van der Waals surface area contributed by atoms with Crippen molar-refractivity contribution < 1.29 is 0 Å². The Morgan fingerprint density at radius 2 is 0.940 bits per heavy atom. The van der Waals surface area contributed by atoms with Gasteiger partial charge in [0.25, 0.3) is 0 Å². The molecule has 10 aromatic rings. The summed E-state index contributed by atoms with van der Waals surface area (Å²) in [7, 11) is 0. The number of benzene rings is 7. The van der Waals surface area contributed by atoms with Crippen LogP contribution in [0.4, 0.5) is 0 Å². The smallest absolute Gasteiger partial charge is 0.167 e. The monoisotopic (exact) mass is 674 g/mol. The second-order valence-electron chi connectivity index (χ2n) is 12.3. The summed E-state index contributed by atoms with van der Waals surface area (Å²) in [4.78, 5) is 20.9. The molecule has 3 aromatic heterocycles. The number of hydrogen-bond acceptors (Lipinski definition) is 6. The first kappa shape index (κ1) is 28.9. The van der Waals surface area contributed by atoms with Crippen molar-refractivity contribution in [3.05, 3.63) is 158 Å². The van der Waals surface area contributed by atoms with E-state index >= 15 is 0 Å². The Bertz CT molecular complexity index is 2860. The van der Waals surface area contributed by atoms with Gasteiger partial charge in [-0.05, 0) is 40.1 Å². The number of nitrogens with zero attached hydrogens (tertiary/aromatic N) is 4. The van der Waals surface area contributed by atoms with Gasteiger partial charge in [-0.1, -0.05) is 140 Å². The van der Waals surface area contributed by atoms with E-state index in [-0.39, 0.29) is 0 Å². The van der Waals surface area contributed by atoms with Crippen LogP contribution < -0.4 is 0 Å². The molecule has 0 fully saturated rings. The number of hydrogen-bond donors (Lipinski definition) is 0. The van der Waals surface area contributed by atoms with Crippen molar-refractivity contribution in [1.29, 1.82) is 0 Å². The summed E-state index contributed by atoms with van der Waals surface area (Å²) in [5.74, 6) is 1.88. The molecule has 7 aromatic carbocycles. The molecule has 0 unspecified atom stereocenters. The van der Waals surface area contributed by atoms with Crippen LogP contribution in [0.2, 0.25) is 0 Å². The topological polar surface area (TPSA) is 51.6 Å². The first-order chi connectivity index (χ1) is 24.7. The fourth-order valence-electron chi connectivity index (χ4n) is 6.71. The van der Waals surface area contributed by atoms with Gasteiger partial charge in [0.05, 0.1) is 15.8 Å². The summed E-state index contributed by atoms with van der Waals surface area (Å²) < 4.78 is 3.53. The van der Waals surface area contributed by atoms with Gasteiger partial charge in [-0.15, -0.1) is 22.7 Å². The molecule has 6 heteroatoms. The third-order valence-corrected chi connectivity index (χ3v) is 11.3. The number of rotatable bonds is 5. The Balaban J connectivity index is 1.23. The van der Waals surface area contributed by atoms with E-state index < -0.39 is 0 Å². The highest BCUT2D eigenvalue weighted by molar-refractivity contribution is 7.27. The minimum absolute atomic E-state index is 0.621. The van der Waals surface area contributed by atoms with Crippen molar-refractivity contribution >= 4 is 63.8 Å². The summed E-state index contributed by atoms with van der Waals surface area (Å²) in [6, 6.07) is 55.0. The molecular weight excluding hydrogens is 649 g/mol. The van der Waals surface area contributed by atoms with Crippen molar-refractivity contribution in [3.63, 3.8) is 0 Å². The Labute approximate surface area is 296 Å². The zero-order valence-electron chi connectivity index (χ0n) is 26.6. The van der Waals surface area contributed by atoms with Gasteiger partial charge in [-0.25, -0.2) is 19.9 Å². The number of aromatic nitrogens is 4. The quantitative estimate of drug-likeness (QED) is 0.182. The molecule has 0 saturated heterocycles. The molecule has 0 atom stereocenters. The van der Waals surface area contributed by atoms with E-state index in [9.17, 15) is 0 Å². The highest BCUT2D eigenvalue weighted by Gasteiger charge is 2.23. The molecule has 0 radical (unpaired) electrons. The van der Waals surface area contributed by atoms with Crippen LogP contribution in [0.5, 0.6) is 0 Å². The highest BCUT2D eigenvalue weighted by atomic mass is 32.1. The van der Waals surface area contributed by atoms with E-state index in [0.29, 0.717) is 17.5 Å². The van der Waals surface area contributed by atoms with Crippen molar-refractivity contribution in [2.75, 3.05) is 0 Å². The number of thiazole rings is 1. The summed E-state index contributed by atoms with van der Waals surface area (Å²) in [5, 5.41) is 5.70. The highest BCUT2D eigenvalue weighted by Crippen LogP contribution is 2.46. The van der Waals surface area contributed by atoms with E-state index in [1.807, 2.05) is 24.3 Å². The molecule has 4 nitrogen and oxygen atoms in total. The summed E-state index contributed by atoms with van der Waals surface area (Å²) >= 11 is 3.52. The van der Waals surface area contributed by atoms with Crippen molar-refractivity contribution in [3.8, 4) is 55.9 Å². The van der Waals surface area contributed by atoms with Gasteiger partial charge in [0.1, 0.15) is 5.01 Å². The third-order valence-electron chi connectivity index (χ3n) is 9.16. The summed E-state index contributed by atoms with van der Waals surface area (Å²) in [6.07, 6.45) is 0. The molecule has 0 saturated carbocycles. The molecule has 0 amide bonds. The lowest BCUT2D eigenvalue weighted by atomic mass is 10.0. The van der Waals surface area contributed by atoms with Crippen LogP contribution in [0.15, 0.2) is 158 Å². The average molecular weight is 675 g/mol. The fraction of sp³-hybridized carbons (Fsp3) is 0. The van der Waals surface area contributed by atoms with Gasteiger partial charge < -0.3 is 0 Å². The van der Waals surface area contributed by atoms with Crippen LogP contribution in [0.3, 0.4) is 0 Å². The van der Waals surface area contributed by atoms with Crippen molar-refractivity contribution in [2.45, 2.75) is 0 Å². The molecular formula is C44H26N4S2. The van der Waals surface area contributed by atoms with E-state index in [0.717, 1.165) is 48.4 Å². The molecule has 234 valence electrons. The van der Waals surface area contributed by atoms with Crippen LogP contribution in [-0.2, 0) is 0 Å². The molecule has 0 aliphatic rings. The van der Waals surface area contributed by atoms with Crippen molar-refractivity contribution in [2.24, 2.45) is 0 Å². The van der Waals surface area contributed by atoms with Crippen LogP contribution in [0.25, 0.3) is 97.0 Å². The normalized spacial score (nSPS) is 11.6. The lowest BCUT2D eigenvalue weighted by molar-refractivity contribution is 1.08. The minimum atomic E-state index is 0.621. The second kappa shape index (κ2) is 11.8. The zero-order chi connectivity index (χ0) is 33.0. The third kappa shape index (κ3) is 4.96. The average Bonchev–Trinajstić information content (AvgIpc) is 3.79. The standard InChI is InChI=1S/C44H26N4S2/c1-3-11-27(12-4-1)29-19-22-31(23-20-29)42-46-41(30-14-5-2-6-15-30)47-43(48-42)39-38-34-17-9-10-18-35(34)49-36(38)26-37-40(39)45-44(50-37)33-24-21-28-13-7-8-16-32(28)25-33/h1-26H. The Kier molecular flexibility index (Phi) is 6.82. The van der Waals surface area contributed by atoms with Crippen LogP contribution in [-0.4, -0.2) is 19.9 Å². The molecule has 10 rings (SSSR count). The SMILES string of the molecule is c1ccc(-c2ccc(-c3nc(-c4ccccc4)nc(-c4c5nc(-c6ccc7ccccc7c6)sc5cc5sc6ccccc6c45)n3)cc2)cc1. The first-order valence-electron chi connectivity index (χ1n) is 16.5. The molecule has 0 aliphatic heterocycles. The Morgan fingerprint density at radius 1 is 0.360 bits per heavy atom. The van der Waals surface area contributed by atoms with Gasteiger partial charge in [-0.3, -0.25) is 0 Å². The second-order valence-corrected chi connectivity index (χ2v) is 14.4. The van der Waals surface area contributed by atoms with Gasteiger partial charge in [0, 0.05) is 36.9 Å².